The monoisotopic (exact) mass is 301 g/mol. The largest absolute Gasteiger partial charge is 0.388 e. The number of aliphatic hydroxyl groups excluding tert-OH is 1. The Morgan fingerprint density at radius 3 is 2.74 bits per heavy atom. The Kier molecular flexibility index (Phi) is 4.78. The van der Waals surface area contributed by atoms with Crippen LogP contribution in [0.25, 0.3) is 0 Å². The predicted molar refractivity (Wildman–Crippen MR) is 80.9 cm³/mol. The summed E-state index contributed by atoms with van der Waals surface area (Å²) in [5, 5.41) is 11.3. The summed E-state index contributed by atoms with van der Waals surface area (Å²) in [7, 11) is 0. The first kappa shape index (κ1) is 15.1. The molecule has 106 valence electrons. The minimum atomic E-state index is -0.553. The van der Waals surface area contributed by atoms with E-state index in [2.05, 4.69) is 18.7 Å². The van der Waals surface area contributed by atoms with Crippen molar-refractivity contribution < 1.29 is 5.11 Å². The third-order valence-electron chi connectivity index (χ3n) is 4.09. The van der Waals surface area contributed by atoms with Gasteiger partial charge in [0.15, 0.2) is 0 Å². The first-order valence-electron chi connectivity index (χ1n) is 6.79. The zero-order valence-electron chi connectivity index (χ0n) is 11.5. The standard InChI is InChI=1S/C15H21Cl2NO/c1-15(2)8-4-9-18(15)10-7-13(19)11-5-3-6-12(16)14(11)17/h3,5-6,13,19H,4,7-10H2,1-2H3. The van der Waals surface area contributed by atoms with Crippen molar-refractivity contribution in [1.82, 2.24) is 4.90 Å². The van der Waals surface area contributed by atoms with Gasteiger partial charge < -0.3 is 5.11 Å². The zero-order chi connectivity index (χ0) is 14.0. The molecule has 0 aromatic heterocycles. The second-order valence-corrected chi connectivity index (χ2v) is 6.64. The van der Waals surface area contributed by atoms with Crippen molar-refractivity contribution in [3.63, 3.8) is 0 Å². The lowest BCUT2D eigenvalue weighted by Gasteiger charge is -2.32. The Bertz CT molecular complexity index is 448. The molecule has 1 aromatic carbocycles. The molecule has 1 heterocycles. The maximum Gasteiger partial charge on any atom is 0.0817 e. The molecule has 0 amide bonds. The summed E-state index contributed by atoms with van der Waals surface area (Å²) in [6.07, 6.45) is 2.59. The molecule has 2 nitrogen and oxygen atoms in total. The Labute approximate surface area is 125 Å². The average molecular weight is 302 g/mol. The highest BCUT2D eigenvalue weighted by Crippen LogP contribution is 2.33. The summed E-state index contributed by atoms with van der Waals surface area (Å²) in [6.45, 7) is 6.53. The molecule has 1 aliphatic heterocycles. The molecule has 1 unspecified atom stereocenters. The van der Waals surface area contributed by atoms with E-state index in [4.69, 9.17) is 23.2 Å². The van der Waals surface area contributed by atoms with Crippen molar-refractivity contribution in [3.05, 3.63) is 33.8 Å². The van der Waals surface area contributed by atoms with Crippen LogP contribution in [0, 0.1) is 0 Å². The third-order valence-corrected chi connectivity index (χ3v) is 4.92. The summed E-state index contributed by atoms with van der Waals surface area (Å²) in [5.74, 6) is 0. The fraction of sp³-hybridized carbons (Fsp3) is 0.600. The molecule has 0 aliphatic carbocycles. The Morgan fingerprint density at radius 1 is 1.37 bits per heavy atom. The van der Waals surface area contributed by atoms with Gasteiger partial charge in [-0.25, -0.2) is 0 Å². The van der Waals surface area contributed by atoms with E-state index in [0.717, 1.165) is 18.7 Å². The molecule has 1 atom stereocenters. The number of likely N-dealkylation sites (tertiary alicyclic amines) is 1. The van der Waals surface area contributed by atoms with Crippen LogP contribution in [0.1, 0.15) is 44.8 Å². The van der Waals surface area contributed by atoms with Gasteiger partial charge in [0, 0.05) is 17.6 Å². The van der Waals surface area contributed by atoms with Crippen molar-refractivity contribution in [2.45, 2.75) is 44.8 Å². The van der Waals surface area contributed by atoms with Crippen molar-refractivity contribution in [2.75, 3.05) is 13.1 Å². The molecule has 1 aliphatic rings. The van der Waals surface area contributed by atoms with Gasteiger partial charge in [0.2, 0.25) is 0 Å². The van der Waals surface area contributed by atoms with Crippen molar-refractivity contribution in [3.8, 4) is 0 Å². The van der Waals surface area contributed by atoms with Crippen LogP contribution in [0.5, 0.6) is 0 Å². The van der Waals surface area contributed by atoms with Crippen LogP contribution in [-0.4, -0.2) is 28.6 Å². The fourth-order valence-corrected chi connectivity index (χ4v) is 3.22. The van der Waals surface area contributed by atoms with Gasteiger partial charge in [-0.15, -0.1) is 0 Å². The Morgan fingerprint density at radius 2 is 2.11 bits per heavy atom. The molecule has 1 N–H and O–H groups in total. The summed E-state index contributed by atoms with van der Waals surface area (Å²) in [6, 6.07) is 5.41. The van der Waals surface area contributed by atoms with Gasteiger partial charge in [-0.3, -0.25) is 4.90 Å². The highest BCUT2D eigenvalue weighted by Gasteiger charge is 2.31. The first-order chi connectivity index (χ1) is 8.92. The smallest absolute Gasteiger partial charge is 0.0817 e. The van der Waals surface area contributed by atoms with Crippen molar-refractivity contribution in [2.24, 2.45) is 0 Å². The highest BCUT2D eigenvalue weighted by molar-refractivity contribution is 6.42. The molecule has 1 fully saturated rings. The van der Waals surface area contributed by atoms with E-state index in [1.807, 2.05) is 12.1 Å². The molecule has 0 spiro atoms. The third kappa shape index (κ3) is 3.43. The fourth-order valence-electron chi connectivity index (χ4n) is 2.79. The highest BCUT2D eigenvalue weighted by atomic mass is 35.5. The van der Waals surface area contributed by atoms with E-state index < -0.39 is 6.10 Å². The quantitative estimate of drug-likeness (QED) is 0.897. The number of aliphatic hydroxyl groups is 1. The van der Waals surface area contributed by atoms with Crippen molar-refractivity contribution in [1.29, 1.82) is 0 Å². The second kappa shape index (κ2) is 6.01. The second-order valence-electron chi connectivity index (χ2n) is 5.85. The predicted octanol–water partition coefficient (Wildman–Crippen LogP) is 4.29. The molecule has 4 heteroatoms. The lowest BCUT2D eigenvalue weighted by molar-refractivity contribution is 0.115. The molecule has 2 rings (SSSR count). The van der Waals surface area contributed by atoms with Crippen LogP contribution < -0.4 is 0 Å². The summed E-state index contributed by atoms with van der Waals surface area (Å²) < 4.78 is 0. The van der Waals surface area contributed by atoms with Crippen LogP contribution in [-0.2, 0) is 0 Å². The number of hydrogen-bond acceptors (Lipinski definition) is 2. The normalized spacial score (nSPS) is 20.7. The zero-order valence-corrected chi connectivity index (χ0v) is 13.0. The van der Waals surface area contributed by atoms with Gasteiger partial charge in [0.25, 0.3) is 0 Å². The molecule has 1 aromatic rings. The lowest BCUT2D eigenvalue weighted by Crippen LogP contribution is -2.39. The number of halogens is 2. The minimum absolute atomic E-state index is 0.248. The van der Waals surface area contributed by atoms with Gasteiger partial charge in [-0.2, -0.15) is 0 Å². The molecule has 19 heavy (non-hydrogen) atoms. The molecule has 1 saturated heterocycles. The SMILES string of the molecule is CC1(C)CCCN1CCC(O)c1cccc(Cl)c1Cl. The number of rotatable bonds is 4. The topological polar surface area (TPSA) is 23.5 Å². The van der Waals surface area contributed by atoms with Crippen LogP contribution in [0.2, 0.25) is 10.0 Å². The summed E-state index contributed by atoms with van der Waals surface area (Å²) >= 11 is 12.1. The lowest BCUT2D eigenvalue weighted by atomic mass is 10.0. The maximum absolute atomic E-state index is 10.3. The van der Waals surface area contributed by atoms with Crippen LogP contribution in [0.3, 0.4) is 0 Å². The molecule has 0 radical (unpaired) electrons. The van der Waals surface area contributed by atoms with E-state index in [-0.39, 0.29) is 5.54 Å². The van der Waals surface area contributed by atoms with E-state index >= 15 is 0 Å². The maximum atomic E-state index is 10.3. The van der Waals surface area contributed by atoms with Crippen LogP contribution >= 0.6 is 23.2 Å². The van der Waals surface area contributed by atoms with Crippen LogP contribution in [0.4, 0.5) is 0 Å². The van der Waals surface area contributed by atoms with Gasteiger partial charge in [0.05, 0.1) is 16.1 Å². The molecule has 0 saturated carbocycles. The van der Waals surface area contributed by atoms with Crippen LogP contribution in [0.15, 0.2) is 18.2 Å². The molecular formula is C15H21Cl2NO. The van der Waals surface area contributed by atoms with Gasteiger partial charge in [-0.05, 0) is 45.7 Å². The van der Waals surface area contributed by atoms with E-state index in [9.17, 15) is 5.11 Å². The summed E-state index contributed by atoms with van der Waals surface area (Å²) in [4.78, 5) is 2.44. The van der Waals surface area contributed by atoms with Gasteiger partial charge in [-0.1, -0.05) is 35.3 Å². The van der Waals surface area contributed by atoms with Gasteiger partial charge >= 0.3 is 0 Å². The first-order valence-corrected chi connectivity index (χ1v) is 7.54. The average Bonchev–Trinajstić information content (AvgIpc) is 2.69. The van der Waals surface area contributed by atoms with Gasteiger partial charge in [0.1, 0.15) is 0 Å². The van der Waals surface area contributed by atoms with E-state index in [1.165, 1.54) is 12.8 Å². The Balaban J connectivity index is 1.98. The summed E-state index contributed by atoms with van der Waals surface area (Å²) in [5.41, 5.74) is 0.976. The molecule has 0 bridgehead atoms. The van der Waals surface area contributed by atoms with E-state index in [0.29, 0.717) is 16.5 Å². The Hall–Kier alpha value is -0.280. The number of nitrogens with zero attached hydrogens (tertiary/aromatic N) is 1. The number of benzene rings is 1. The van der Waals surface area contributed by atoms with Crippen molar-refractivity contribution >= 4 is 23.2 Å². The number of hydrogen-bond donors (Lipinski definition) is 1. The molecular weight excluding hydrogens is 281 g/mol. The minimum Gasteiger partial charge on any atom is -0.388 e. The van der Waals surface area contributed by atoms with E-state index in [1.54, 1.807) is 6.07 Å².